The molecule has 1 fully saturated rings. The predicted octanol–water partition coefficient (Wildman–Crippen LogP) is 7.09. The van der Waals surface area contributed by atoms with Gasteiger partial charge in [-0.3, -0.25) is 0 Å². The molecule has 0 spiro atoms. The zero-order valence-electron chi connectivity index (χ0n) is 16.1. The Morgan fingerprint density at radius 1 is 1.11 bits per heavy atom. The molecule has 0 amide bonds. The first-order valence-electron chi connectivity index (χ1n) is 9.87. The van der Waals surface area contributed by atoms with E-state index in [0.29, 0.717) is 11.3 Å². The van der Waals surface area contributed by atoms with Crippen molar-refractivity contribution in [2.24, 2.45) is 11.8 Å². The van der Waals surface area contributed by atoms with E-state index in [-0.39, 0.29) is 5.39 Å². The molecule has 0 radical (unpaired) electrons. The Morgan fingerprint density at radius 3 is 2.61 bits per heavy atom. The van der Waals surface area contributed by atoms with Gasteiger partial charge in [0.05, 0.1) is 0 Å². The van der Waals surface area contributed by atoms with Crippen LogP contribution in [0.4, 0.5) is 13.2 Å². The molecule has 0 atom stereocenters. The summed E-state index contributed by atoms with van der Waals surface area (Å²) in [5.41, 5.74) is 0.718. The number of allylic oxidation sites excluding steroid dienone is 2. The van der Waals surface area contributed by atoms with Crippen LogP contribution in [0.25, 0.3) is 10.8 Å². The minimum absolute atomic E-state index is 0.248. The van der Waals surface area contributed by atoms with Crippen molar-refractivity contribution in [3.05, 3.63) is 53.9 Å². The van der Waals surface area contributed by atoms with Gasteiger partial charge in [-0.05, 0) is 69.6 Å². The summed E-state index contributed by atoms with van der Waals surface area (Å²) in [5, 5.41) is 0.867. The number of hydrogen-bond donors (Lipinski definition) is 0. The average molecular weight is 386 g/mol. The maximum absolute atomic E-state index is 14.5. The van der Waals surface area contributed by atoms with Crippen molar-refractivity contribution in [2.75, 3.05) is 0 Å². The Bertz CT molecular complexity index is 884. The van der Waals surface area contributed by atoms with Gasteiger partial charge in [0.1, 0.15) is 0 Å². The number of fused-ring (bicyclic) bond motifs is 1. The Morgan fingerprint density at radius 2 is 1.89 bits per heavy atom. The van der Waals surface area contributed by atoms with Gasteiger partial charge in [0.15, 0.2) is 11.6 Å². The molecule has 1 saturated carbocycles. The third kappa shape index (κ3) is 5.10. The molecule has 2 aromatic rings. The fraction of sp³-hybridized carbons (Fsp3) is 0.417. The largest absolute Gasteiger partial charge is 0.432 e. The summed E-state index contributed by atoms with van der Waals surface area (Å²) in [6.07, 6.45) is 11.3. The van der Waals surface area contributed by atoms with Crippen LogP contribution < -0.4 is 4.74 Å². The maximum atomic E-state index is 14.5. The van der Waals surface area contributed by atoms with Gasteiger partial charge >= 0.3 is 6.61 Å². The topological polar surface area (TPSA) is 9.23 Å². The lowest BCUT2D eigenvalue weighted by Gasteiger charge is -2.25. The molecule has 0 bridgehead atoms. The van der Waals surface area contributed by atoms with Crippen molar-refractivity contribution in [1.82, 2.24) is 0 Å². The van der Waals surface area contributed by atoms with Crippen LogP contribution in [0.15, 0.2) is 42.5 Å². The van der Waals surface area contributed by atoms with E-state index >= 15 is 0 Å². The lowest BCUT2D eigenvalue weighted by atomic mass is 9.80. The molecule has 1 nitrogen and oxygen atoms in total. The first-order valence-corrected chi connectivity index (χ1v) is 9.87. The Kier molecular flexibility index (Phi) is 7.03. The van der Waals surface area contributed by atoms with Crippen LogP contribution in [0.2, 0.25) is 0 Å². The zero-order chi connectivity index (χ0) is 19.9. The van der Waals surface area contributed by atoms with Gasteiger partial charge in [-0.15, -0.1) is 0 Å². The standard InChI is InChI=1S/C24H25F3O/c1-2-3-4-6-17-9-11-18(12-10-17)13-14-19-7-5-8-21-20(19)15-16-22(23(21)25)28-24(26)27/h2-3,5,7-8,15-18,24H,4,6,9-12H2,1H3/b3-2+. The van der Waals surface area contributed by atoms with E-state index in [4.69, 9.17) is 0 Å². The van der Waals surface area contributed by atoms with Crippen LogP contribution in [-0.2, 0) is 0 Å². The molecule has 0 aliphatic heterocycles. The van der Waals surface area contributed by atoms with Crippen molar-refractivity contribution < 1.29 is 17.9 Å². The van der Waals surface area contributed by atoms with Crippen LogP contribution in [0.1, 0.15) is 51.0 Å². The number of ether oxygens (including phenoxy) is 1. The summed E-state index contributed by atoms with van der Waals surface area (Å²) in [5.74, 6) is 6.47. The third-order valence-corrected chi connectivity index (χ3v) is 5.41. The molecule has 0 N–H and O–H groups in total. The highest BCUT2D eigenvalue weighted by atomic mass is 19.3. The Labute approximate surface area is 164 Å². The summed E-state index contributed by atoms with van der Waals surface area (Å²) in [7, 11) is 0. The number of halogens is 3. The minimum Gasteiger partial charge on any atom is -0.432 e. The fourth-order valence-electron chi connectivity index (χ4n) is 3.87. The molecule has 0 saturated heterocycles. The SMILES string of the molecule is C/C=C/CCC1CCC(C#Cc2cccc3c(F)c(OC(F)F)ccc23)CC1. The molecule has 28 heavy (non-hydrogen) atoms. The summed E-state index contributed by atoms with van der Waals surface area (Å²) < 4.78 is 43.5. The second-order valence-electron chi connectivity index (χ2n) is 7.29. The maximum Gasteiger partial charge on any atom is 0.387 e. The molecule has 148 valence electrons. The molecule has 3 rings (SSSR count). The van der Waals surface area contributed by atoms with Crippen molar-refractivity contribution >= 4 is 10.8 Å². The van der Waals surface area contributed by atoms with Gasteiger partial charge in [0.2, 0.25) is 0 Å². The van der Waals surface area contributed by atoms with E-state index < -0.39 is 18.2 Å². The van der Waals surface area contributed by atoms with Gasteiger partial charge in [0, 0.05) is 22.3 Å². The molecule has 0 heterocycles. The molecule has 2 aromatic carbocycles. The van der Waals surface area contributed by atoms with E-state index in [1.165, 1.54) is 25.3 Å². The van der Waals surface area contributed by atoms with E-state index in [1.807, 2.05) is 6.07 Å². The smallest absolute Gasteiger partial charge is 0.387 e. The number of hydrogen-bond acceptors (Lipinski definition) is 1. The van der Waals surface area contributed by atoms with Gasteiger partial charge < -0.3 is 4.74 Å². The number of benzene rings is 2. The highest BCUT2D eigenvalue weighted by Crippen LogP contribution is 2.32. The lowest BCUT2D eigenvalue weighted by molar-refractivity contribution is -0.0520. The normalized spacial score (nSPS) is 19.8. The molecule has 0 aromatic heterocycles. The van der Waals surface area contributed by atoms with E-state index in [0.717, 1.165) is 30.7 Å². The molecular weight excluding hydrogens is 361 g/mol. The highest BCUT2D eigenvalue weighted by Gasteiger charge is 2.19. The van der Waals surface area contributed by atoms with E-state index in [9.17, 15) is 13.2 Å². The zero-order valence-corrected chi connectivity index (χ0v) is 16.1. The lowest BCUT2D eigenvalue weighted by Crippen LogP contribution is -2.13. The van der Waals surface area contributed by atoms with Gasteiger partial charge in [0.25, 0.3) is 0 Å². The summed E-state index contributed by atoms with van der Waals surface area (Å²) >= 11 is 0. The van der Waals surface area contributed by atoms with E-state index in [2.05, 4.69) is 35.7 Å². The fourth-order valence-corrected chi connectivity index (χ4v) is 3.87. The number of rotatable bonds is 5. The highest BCUT2D eigenvalue weighted by molar-refractivity contribution is 5.89. The summed E-state index contributed by atoms with van der Waals surface area (Å²) in [4.78, 5) is 0. The van der Waals surface area contributed by atoms with Crippen LogP contribution in [-0.4, -0.2) is 6.61 Å². The van der Waals surface area contributed by atoms with Crippen molar-refractivity contribution in [3.63, 3.8) is 0 Å². The van der Waals surface area contributed by atoms with Crippen LogP contribution in [0, 0.1) is 29.5 Å². The second kappa shape index (κ2) is 9.68. The molecule has 1 aliphatic rings. The predicted molar refractivity (Wildman–Crippen MR) is 107 cm³/mol. The van der Waals surface area contributed by atoms with Crippen LogP contribution in [0.5, 0.6) is 5.75 Å². The summed E-state index contributed by atoms with van der Waals surface area (Å²) in [6.45, 7) is -0.999. The monoisotopic (exact) mass is 386 g/mol. The van der Waals surface area contributed by atoms with Crippen LogP contribution in [0.3, 0.4) is 0 Å². The quantitative estimate of drug-likeness (QED) is 0.393. The van der Waals surface area contributed by atoms with Crippen LogP contribution >= 0.6 is 0 Å². The average Bonchev–Trinajstić information content (AvgIpc) is 2.69. The minimum atomic E-state index is -3.05. The van der Waals surface area contributed by atoms with Gasteiger partial charge in [-0.2, -0.15) is 8.78 Å². The van der Waals surface area contributed by atoms with Crippen molar-refractivity contribution in [2.45, 2.75) is 52.1 Å². The molecule has 0 unspecified atom stereocenters. The van der Waals surface area contributed by atoms with E-state index in [1.54, 1.807) is 18.2 Å². The molecule has 4 heteroatoms. The third-order valence-electron chi connectivity index (χ3n) is 5.41. The van der Waals surface area contributed by atoms with Crippen molar-refractivity contribution in [3.8, 4) is 17.6 Å². The first-order chi connectivity index (χ1) is 13.6. The van der Waals surface area contributed by atoms with Crippen molar-refractivity contribution in [1.29, 1.82) is 0 Å². The van der Waals surface area contributed by atoms with Gasteiger partial charge in [-0.25, -0.2) is 4.39 Å². The molecular formula is C24H25F3O. The second-order valence-corrected chi connectivity index (χ2v) is 7.29. The Hall–Kier alpha value is -2.41. The number of alkyl halides is 2. The molecule has 1 aliphatic carbocycles. The Balaban J connectivity index is 1.71. The first kappa shape index (κ1) is 20.3. The summed E-state index contributed by atoms with van der Waals surface area (Å²) in [6, 6.07) is 7.93. The van der Waals surface area contributed by atoms with Gasteiger partial charge in [-0.1, -0.05) is 36.1 Å².